The van der Waals surface area contributed by atoms with Crippen molar-refractivity contribution in [2.75, 3.05) is 33.4 Å². The molecule has 3 heteroatoms. The van der Waals surface area contributed by atoms with Crippen LogP contribution in [0.15, 0.2) is 0 Å². The Kier molecular flexibility index (Phi) is 3.83. The number of methoxy groups -OCH3 is 1. The topological polar surface area (TPSA) is 30.5 Å². The lowest BCUT2D eigenvalue weighted by atomic mass is 10.2. The van der Waals surface area contributed by atoms with Crippen LogP contribution in [0.4, 0.5) is 0 Å². The van der Waals surface area contributed by atoms with Crippen molar-refractivity contribution in [1.82, 2.24) is 5.32 Å². The molecule has 1 fully saturated rings. The van der Waals surface area contributed by atoms with Gasteiger partial charge in [0.25, 0.3) is 0 Å². The molecular formula is C8H17NO2. The third kappa shape index (κ3) is 3.18. The zero-order valence-corrected chi connectivity index (χ0v) is 7.30. The number of hydrogen-bond donors (Lipinski definition) is 1. The van der Waals surface area contributed by atoms with E-state index in [4.69, 9.17) is 9.47 Å². The van der Waals surface area contributed by atoms with Gasteiger partial charge in [0.05, 0.1) is 19.3 Å². The van der Waals surface area contributed by atoms with Gasteiger partial charge in [-0.25, -0.2) is 0 Å². The Morgan fingerprint density at radius 1 is 1.55 bits per heavy atom. The summed E-state index contributed by atoms with van der Waals surface area (Å²) in [4.78, 5) is 0. The SMILES string of the molecule is COCC1CNCC(C)CO1. The molecular weight excluding hydrogens is 142 g/mol. The van der Waals surface area contributed by atoms with E-state index in [9.17, 15) is 0 Å². The van der Waals surface area contributed by atoms with Crippen LogP contribution < -0.4 is 5.32 Å². The highest BCUT2D eigenvalue weighted by Crippen LogP contribution is 2.02. The Hall–Kier alpha value is -0.120. The fourth-order valence-electron chi connectivity index (χ4n) is 1.20. The summed E-state index contributed by atoms with van der Waals surface area (Å²) < 4.78 is 10.6. The first kappa shape index (κ1) is 8.97. The highest BCUT2D eigenvalue weighted by Gasteiger charge is 2.15. The summed E-state index contributed by atoms with van der Waals surface area (Å²) in [6.45, 7) is 5.70. The molecule has 0 aliphatic carbocycles. The van der Waals surface area contributed by atoms with Crippen molar-refractivity contribution in [3.8, 4) is 0 Å². The summed E-state index contributed by atoms with van der Waals surface area (Å²) in [5, 5.41) is 3.33. The minimum atomic E-state index is 0.241. The lowest BCUT2D eigenvalue weighted by Crippen LogP contribution is -2.29. The van der Waals surface area contributed by atoms with Gasteiger partial charge in [-0.3, -0.25) is 0 Å². The summed E-state index contributed by atoms with van der Waals surface area (Å²) in [6.07, 6.45) is 0.241. The van der Waals surface area contributed by atoms with Crippen molar-refractivity contribution in [1.29, 1.82) is 0 Å². The maximum atomic E-state index is 5.57. The van der Waals surface area contributed by atoms with Crippen LogP contribution in [0, 0.1) is 5.92 Å². The van der Waals surface area contributed by atoms with Crippen LogP contribution in [0.5, 0.6) is 0 Å². The van der Waals surface area contributed by atoms with Crippen molar-refractivity contribution in [3.63, 3.8) is 0 Å². The van der Waals surface area contributed by atoms with Crippen molar-refractivity contribution in [2.24, 2.45) is 5.92 Å². The van der Waals surface area contributed by atoms with Crippen molar-refractivity contribution < 1.29 is 9.47 Å². The fraction of sp³-hybridized carbons (Fsp3) is 1.00. The average molecular weight is 159 g/mol. The van der Waals surface area contributed by atoms with Gasteiger partial charge in [-0.15, -0.1) is 0 Å². The van der Waals surface area contributed by atoms with Crippen LogP contribution in [0.3, 0.4) is 0 Å². The highest BCUT2D eigenvalue weighted by molar-refractivity contribution is 4.68. The Balaban J connectivity index is 2.22. The Morgan fingerprint density at radius 2 is 2.36 bits per heavy atom. The summed E-state index contributed by atoms with van der Waals surface area (Å²) in [5.74, 6) is 0.622. The lowest BCUT2D eigenvalue weighted by Gasteiger charge is -2.13. The van der Waals surface area contributed by atoms with E-state index in [0.29, 0.717) is 12.5 Å². The predicted octanol–water partition coefficient (Wildman–Crippen LogP) is 0.257. The van der Waals surface area contributed by atoms with E-state index in [1.165, 1.54) is 0 Å². The maximum Gasteiger partial charge on any atom is 0.0932 e. The molecule has 1 aliphatic heterocycles. The van der Waals surface area contributed by atoms with E-state index in [0.717, 1.165) is 19.7 Å². The van der Waals surface area contributed by atoms with Crippen LogP contribution >= 0.6 is 0 Å². The summed E-state index contributed by atoms with van der Waals surface area (Å²) in [6, 6.07) is 0. The van der Waals surface area contributed by atoms with Crippen molar-refractivity contribution in [2.45, 2.75) is 13.0 Å². The second-order valence-corrected chi connectivity index (χ2v) is 3.17. The zero-order chi connectivity index (χ0) is 8.10. The van der Waals surface area contributed by atoms with Gasteiger partial charge in [0, 0.05) is 13.7 Å². The summed E-state index contributed by atoms with van der Waals surface area (Å²) in [5.41, 5.74) is 0. The molecule has 1 saturated heterocycles. The highest BCUT2D eigenvalue weighted by atomic mass is 16.5. The van der Waals surface area contributed by atoms with Gasteiger partial charge in [0.15, 0.2) is 0 Å². The monoisotopic (exact) mass is 159 g/mol. The van der Waals surface area contributed by atoms with Crippen LogP contribution in [-0.4, -0.2) is 39.5 Å². The molecule has 66 valence electrons. The fourth-order valence-corrected chi connectivity index (χ4v) is 1.20. The van der Waals surface area contributed by atoms with E-state index in [1.54, 1.807) is 7.11 Å². The van der Waals surface area contributed by atoms with Gasteiger partial charge in [-0.05, 0) is 12.5 Å². The maximum absolute atomic E-state index is 5.57. The van der Waals surface area contributed by atoms with Gasteiger partial charge < -0.3 is 14.8 Å². The van der Waals surface area contributed by atoms with Crippen molar-refractivity contribution in [3.05, 3.63) is 0 Å². The molecule has 1 rings (SSSR count). The number of ether oxygens (including phenoxy) is 2. The molecule has 1 aliphatic rings. The van der Waals surface area contributed by atoms with Crippen LogP contribution in [0.25, 0.3) is 0 Å². The Bertz CT molecular complexity index is 108. The number of nitrogens with one attached hydrogen (secondary N) is 1. The molecule has 0 aromatic carbocycles. The van der Waals surface area contributed by atoms with Crippen LogP contribution in [-0.2, 0) is 9.47 Å². The van der Waals surface area contributed by atoms with E-state index >= 15 is 0 Å². The Labute approximate surface area is 68.1 Å². The smallest absolute Gasteiger partial charge is 0.0932 e. The largest absolute Gasteiger partial charge is 0.382 e. The summed E-state index contributed by atoms with van der Waals surface area (Å²) >= 11 is 0. The molecule has 0 aromatic heterocycles. The molecule has 2 unspecified atom stereocenters. The summed E-state index contributed by atoms with van der Waals surface area (Å²) in [7, 11) is 1.71. The van der Waals surface area contributed by atoms with Crippen LogP contribution in [0.2, 0.25) is 0 Å². The molecule has 0 aromatic rings. The van der Waals surface area contributed by atoms with E-state index in [1.807, 2.05) is 0 Å². The Morgan fingerprint density at radius 3 is 3.09 bits per heavy atom. The normalized spacial score (nSPS) is 33.3. The minimum absolute atomic E-state index is 0.241. The van der Waals surface area contributed by atoms with Gasteiger partial charge in [0.1, 0.15) is 0 Å². The molecule has 0 amide bonds. The third-order valence-electron chi connectivity index (χ3n) is 1.83. The molecule has 3 nitrogen and oxygen atoms in total. The second-order valence-electron chi connectivity index (χ2n) is 3.17. The van der Waals surface area contributed by atoms with E-state index in [2.05, 4.69) is 12.2 Å². The molecule has 0 spiro atoms. The minimum Gasteiger partial charge on any atom is -0.382 e. The van der Waals surface area contributed by atoms with E-state index < -0.39 is 0 Å². The number of rotatable bonds is 2. The first-order valence-electron chi connectivity index (χ1n) is 4.14. The standard InChI is InChI=1S/C8H17NO2/c1-7-3-9-4-8(6-10-2)11-5-7/h7-9H,3-6H2,1-2H3. The van der Waals surface area contributed by atoms with Gasteiger partial charge >= 0.3 is 0 Å². The molecule has 0 radical (unpaired) electrons. The molecule has 0 bridgehead atoms. The van der Waals surface area contributed by atoms with Gasteiger partial charge in [0.2, 0.25) is 0 Å². The second kappa shape index (κ2) is 4.70. The molecule has 0 saturated carbocycles. The van der Waals surface area contributed by atoms with E-state index in [-0.39, 0.29) is 6.10 Å². The van der Waals surface area contributed by atoms with Crippen molar-refractivity contribution >= 4 is 0 Å². The van der Waals surface area contributed by atoms with Gasteiger partial charge in [-0.2, -0.15) is 0 Å². The predicted molar refractivity (Wildman–Crippen MR) is 43.6 cm³/mol. The zero-order valence-electron chi connectivity index (χ0n) is 7.30. The molecule has 2 atom stereocenters. The first-order chi connectivity index (χ1) is 5.33. The molecule has 1 N–H and O–H groups in total. The van der Waals surface area contributed by atoms with Crippen LogP contribution in [0.1, 0.15) is 6.92 Å². The quantitative estimate of drug-likeness (QED) is 0.627. The first-order valence-corrected chi connectivity index (χ1v) is 4.14. The molecule has 11 heavy (non-hydrogen) atoms. The number of hydrogen-bond acceptors (Lipinski definition) is 3. The van der Waals surface area contributed by atoms with Gasteiger partial charge in [-0.1, -0.05) is 6.92 Å². The average Bonchev–Trinajstić information content (AvgIpc) is 2.17. The third-order valence-corrected chi connectivity index (χ3v) is 1.83. The molecule has 1 heterocycles. The lowest BCUT2D eigenvalue weighted by molar-refractivity contribution is 0.0000453.